The van der Waals surface area contributed by atoms with Crippen LogP contribution in [0.25, 0.3) is 0 Å². The molecule has 0 saturated heterocycles. The van der Waals surface area contributed by atoms with Crippen LogP contribution >= 0.6 is 0 Å². The van der Waals surface area contributed by atoms with Crippen LogP contribution in [0, 0.1) is 0 Å². The number of nitrogens with zero attached hydrogens (tertiary/aromatic N) is 3. The zero-order valence-electron chi connectivity index (χ0n) is 25.3. The van der Waals surface area contributed by atoms with E-state index in [2.05, 4.69) is 111 Å². The number of allylic oxidation sites excluding steroid dienone is 4. The van der Waals surface area contributed by atoms with Gasteiger partial charge >= 0.3 is 5.97 Å². The summed E-state index contributed by atoms with van der Waals surface area (Å²) in [5, 5.41) is 19.4. The van der Waals surface area contributed by atoms with Crippen molar-refractivity contribution in [1.29, 1.82) is 0 Å². The van der Waals surface area contributed by atoms with Gasteiger partial charge in [-0.2, -0.15) is 4.58 Å². The molecule has 0 atom stereocenters. The molecule has 0 bridgehead atoms. The van der Waals surface area contributed by atoms with Crippen molar-refractivity contribution in [3.8, 4) is 11.8 Å². The topological polar surface area (TPSA) is 77.9 Å². The number of carbonyl (C=O) groups is 1. The molecule has 0 saturated carbocycles. The molecule has 7 heteroatoms. The van der Waals surface area contributed by atoms with E-state index in [9.17, 15) is 15.0 Å². The fourth-order valence-electron chi connectivity index (χ4n) is 6.45. The molecule has 3 aromatic rings. The molecule has 0 amide bonds. The molecule has 0 unspecified atom stereocenters. The number of rotatable bonds is 10. The highest BCUT2D eigenvalue weighted by Gasteiger charge is 2.44. The van der Waals surface area contributed by atoms with E-state index < -0.39 is 5.97 Å². The molecule has 2 N–H and O–H groups in total. The Kier molecular flexibility index (Phi) is 8.04. The standard InChI is InChI=1S/C35H41N3O4/c1-6-36-27-17-11-9-15-25(27)34(2,3)29(36)19-14-20-30-35(4,5)26-16-10-12-18-28(26)37(30)24-13-7-8-21-33(41)42-38-31(39)22-23-32(38)40/h9-12,14-20,22-23H,6-8,13,21,24H2,1-5H3,(H-,39,40)/p+1. The van der Waals surface area contributed by atoms with Crippen molar-refractivity contribution in [2.45, 2.75) is 71.1 Å². The molecule has 2 aliphatic rings. The largest absolute Gasteiger partial charge is 0.492 e. The Balaban J connectivity index is 1.31. The van der Waals surface area contributed by atoms with Crippen LogP contribution in [0.5, 0.6) is 11.8 Å². The van der Waals surface area contributed by atoms with Crippen molar-refractivity contribution < 1.29 is 24.4 Å². The Labute approximate surface area is 248 Å². The quantitative estimate of drug-likeness (QED) is 0.209. The fourth-order valence-corrected chi connectivity index (χ4v) is 6.45. The number of aromatic hydroxyl groups is 2. The van der Waals surface area contributed by atoms with Gasteiger partial charge in [-0.3, -0.25) is 0 Å². The third kappa shape index (κ3) is 5.24. The molecule has 2 aromatic carbocycles. The van der Waals surface area contributed by atoms with Crippen molar-refractivity contribution >= 4 is 23.1 Å². The number of unbranched alkanes of at least 4 members (excludes halogenated alkanes) is 2. The first-order chi connectivity index (χ1) is 20.1. The first-order valence-corrected chi connectivity index (χ1v) is 14.9. The molecule has 0 fully saturated rings. The molecule has 7 nitrogen and oxygen atoms in total. The molecule has 2 aliphatic heterocycles. The molecule has 0 spiro atoms. The summed E-state index contributed by atoms with van der Waals surface area (Å²) >= 11 is 0. The Bertz CT molecular complexity index is 1550. The highest BCUT2D eigenvalue weighted by molar-refractivity contribution is 6.03. The molecule has 220 valence electrons. The van der Waals surface area contributed by atoms with Crippen LogP contribution < -0.4 is 9.74 Å². The monoisotopic (exact) mass is 568 g/mol. The van der Waals surface area contributed by atoms with Gasteiger partial charge in [0, 0.05) is 66.0 Å². The molecular formula is C35H42N3O4+. The Morgan fingerprint density at radius 3 is 2.26 bits per heavy atom. The number of para-hydroxylation sites is 2. The maximum Gasteiger partial charge on any atom is 0.333 e. The number of benzene rings is 2. The molecule has 0 radical (unpaired) electrons. The van der Waals surface area contributed by atoms with Crippen molar-refractivity contribution in [3.05, 3.63) is 95.7 Å². The minimum absolute atomic E-state index is 0.0740. The lowest BCUT2D eigenvalue weighted by Gasteiger charge is -2.25. The molecule has 0 aliphatic carbocycles. The van der Waals surface area contributed by atoms with Crippen molar-refractivity contribution in [2.75, 3.05) is 18.0 Å². The Hall–Kier alpha value is -4.26. The van der Waals surface area contributed by atoms with Crippen LogP contribution in [0.1, 0.15) is 71.4 Å². The molecule has 5 rings (SSSR count). The maximum atomic E-state index is 12.2. The van der Waals surface area contributed by atoms with Gasteiger partial charge in [0.15, 0.2) is 5.71 Å². The van der Waals surface area contributed by atoms with Crippen LogP contribution in [0.3, 0.4) is 0 Å². The van der Waals surface area contributed by atoms with Crippen molar-refractivity contribution in [3.63, 3.8) is 0 Å². The zero-order chi connectivity index (χ0) is 30.1. The normalized spacial score (nSPS) is 17.7. The third-order valence-electron chi connectivity index (χ3n) is 8.68. The predicted octanol–water partition coefficient (Wildman–Crippen LogP) is 6.75. The van der Waals surface area contributed by atoms with E-state index in [4.69, 9.17) is 4.84 Å². The van der Waals surface area contributed by atoms with E-state index in [0.717, 1.165) is 30.7 Å². The summed E-state index contributed by atoms with van der Waals surface area (Å²) in [7, 11) is 0. The summed E-state index contributed by atoms with van der Waals surface area (Å²) in [4.78, 5) is 19.7. The molecule has 42 heavy (non-hydrogen) atoms. The number of fused-ring (bicyclic) bond motifs is 2. The van der Waals surface area contributed by atoms with E-state index in [1.807, 2.05) is 0 Å². The number of aromatic nitrogens is 1. The summed E-state index contributed by atoms with van der Waals surface area (Å²) in [6.45, 7) is 13.1. The number of hydrogen-bond donors (Lipinski definition) is 2. The smallest absolute Gasteiger partial charge is 0.333 e. The van der Waals surface area contributed by atoms with Gasteiger partial charge in [-0.25, -0.2) is 4.79 Å². The first kappa shape index (κ1) is 29.2. The number of carbonyl (C=O) groups excluding carboxylic acids is 1. The third-order valence-corrected chi connectivity index (χ3v) is 8.68. The van der Waals surface area contributed by atoms with Crippen LogP contribution in [0.15, 0.2) is 84.6 Å². The minimum atomic E-state index is -0.495. The fraction of sp³-hybridized carbons (Fsp3) is 0.371. The van der Waals surface area contributed by atoms with Gasteiger partial charge in [-0.05, 0) is 51.3 Å². The van der Waals surface area contributed by atoms with Gasteiger partial charge in [0.25, 0.3) is 0 Å². The summed E-state index contributed by atoms with van der Waals surface area (Å²) in [5.41, 5.74) is 7.54. The minimum Gasteiger partial charge on any atom is -0.492 e. The van der Waals surface area contributed by atoms with Gasteiger partial charge in [0.05, 0.1) is 5.41 Å². The van der Waals surface area contributed by atoms with Gasteiger partial charge in [-0.15, -0.1) is 4.73 Å². The summed E-state index contributed by atoms with van der Waals surface area (Å²) in [6, 6.07) is 19.8. The van der Waals surface area contributed by atoms with E-state index in [1.54, 1.807) is 0 Å². The maximum absolute atomic E-state index is 12.2. The van der Waals surface area contributed by atoms with Gasteiger partial charge in [-0.1, -0.05) is 56.3 Å². The van der Waals surface area contributed by atoms with Crippen LogP contribution in [-0.4, -0.2) is 44.3 Å². The average molecular weight is 569 g/mol. The van der Waals surface area contributed by atoms with Gasteiger partial charge < -0.3 is 20.0 Å². The predicted molar refractivity (Wildman–Crippen MR) is 167 cm³/mol. The summed E-state index contributed by atoms with van der Waals surface area (Å²) in [5.74, 6) is -1.12. The van der Waals surface area contributed by atoms with Crippen LogP contribution in [0.2, 0.25) is 0 Å². The summed E-state index contributed by atoms with van der Waals surface area (Å²) < 4.78 is 3.16. The molecule has 1 aromatic heterocycles. The second-order valence-corrected chi connectivity index (χ2v) is 12.1. The lowest BCUT2D eigenvalue weighted by molar-refractivity contribution is -0.438. The van der Waals surface area contributed by atoms with E-state index in [1.165, 1.54) is 46.0 Å². The average Bonchev–Trinajstić information content (AvgIpc) is 3.48. The second kappa shape index (κ2) is 11.6. The van der Waals surface area contributed by atoms with Crippen molar-refractivity contribution in [1.82, 2.24) is 4.73 Å². The number of hydrogen-bond acceptors (Lipinski definition) is 5. The first-order valence-electron chi connectivity index (χ1n) is 14.9. The van der Waals surface area contributed by atoms with Crippen LogP contribution in [-0.2, 0) is 15.6 Å². The zero-order valence-corrected chi connectivity index (χ0v) is 25.3. The Morgan fingerprint density at radius 2 is 1.55 bits per heavy atom. The van der Waals surface area contributed by atoms with Crippen LogP contribution in [0.4, 0.5) is 11.4 Å². The lowest BCUT2D eigenvalue weighted by atomic mass is 9.81. The van der Waals surface area contributed by atoms with Gasteiger partial charge in [0.2, 0.25) is 17.4 Å². The SMILES string of the molecule is CCN1C(=CC=CC2=[N+](CCCCCC(=O)On3c(O)ccc3O)c3ccccc3C2(C)C)C(C)(C)c2ccccc21. The van der Waals surface area contributed by atoms with E-state index in [-0.39, 0.29) is 29.0 Å². The Morgan fingerprint density at radius 1 is 0.881 bits per heavy atom. The number of anilines is 1. The summed E-state index contributed by atoms with van der Waals surface area (Å²) in [6.07, 6.45) is 9.37. The highest BCUT2D eigenvalue weighted by Crippen LogP contribution is 2.47. The van der Waals surface area contributed by atoms with E-state index in [0.29, 0.717) is 6.42 Å². The molecular weight excluding hydrogens is 526 g/mol. The number of likely N-dealkylation sites (N-methyl/N-ethyl adjacent to an activating group) is 1. The molecule has 3 heterocycles. The second-order valence-electron chi connectivity index (χ2n) is 12.1. The highest BCUT2D eigenvalue weighted by atomic mass is 16.7. The van der Waals surface area contributed by atoms with Crippen molar-refractivity contribution in [2.24, 2.45) is 0 Å². The van der Waals surface area contributed by atoms with Gasteiger partial charge in [0.1, 0.15) is 6.54 Å². The lowest BCUT2D eigenvalue weighted by Crippen LogP contribution is -2.28. The van der Waals surface area contributed by atoms with E-state index >= 15 is 0 Å².